The Bertz CT molecular complexity index is 557. The Morgan fingerprint density at radius 3 is 2.81 bits per heavy atom. The van der Waals surface area contributed by atoms with Gasteiger partial charge in [0.1, 0.15) is 5.75 Å². The molecular formula is C15H20N2O4. The summed E-state index contributed by atoms with van der Waals surface area (Å²) in [7, 11) is 1.71. The predicted octanol–water partition coefficient (Wildman–Crippen LogP) is 1.73. The van der Waals surface area contributed by atoms with Crippen molar-refractivity contribution in [3.05, 3.63) is 18.2 Å². The molecule has 0 bridgehead atoms. The summed E-state index contributed by atoms with van der Waals surface area (Å²) in [6.45, 7) is 4.49. The maximum absolute atomic E-state index is 11.7. The van der Waals surface area contributed by atoms with Crippen LogP contribution in [0.1, 0.15) is 20.3 Å². The molecule has 2 rings (SSSR count). The van der Waals surface area contributed by atoms with Gasteiger partial charge < -0.3 is 19.6 Å². The molecule has 1 N–H and O–H groups in total. The molecule has 1 heterocycles. The normalized spacial score (nSPS) is 13.9. The summed E-state index contributed by atoms with van der Waals surface area (Å²) in [4.78, 5) is 26.1. The van der Waals surface area contributed by atoms with Gasteiger partial charge in [-0.2, -0.15) is 0 Å². The highest BCUT2D eigenvalue weighted by Crippen LogP contribution is 2.35. The number of carboxylic acids is 1. The fraction of sp³-hybridized carbons (Fsp3) is 0.467. The molecule has 0 spiro atoms. The third-order valence-electron chi connectivity index (χ3n) is 3.55. The van der Waals surface area contributed by atoms with Crippen molar-refractivity contribution in [3.8, 4) is 5.75 Å². The molecule has 0 saturated carbocycles. The number of carbonyl (C=O) groups is 2. The number of hydrogen-bond acceptors (Lipinski definition) is 4. The second kappa shape index (κ2) is 6.03. The van der Waals surface area contributed by atoms with Gasteiger partial charge in [0, 0.05) is 25.3 Å². The number of carboxylic acid groups (broad SMARTS) is 1. The van der Waals surface area contributed by atoms with E-state index in [0.717, 1.165) is 5.69 Å². The van der Waals surface area contributed by atoms with Crippen LogP contribution in [0.5, 0.6) is 5.75 Å². The lowest BCUT2D eigenvalue weighted by molar-refractivity contribution is -0.136. The van der Waals surface area contributed by atoms with Crippen molar-refractivity contribution < 1.29 is 19.4 Å². The minimum atomic E-state index is -0.825. The van der Waals surface area contributed by atoms with Gasteiger partial charge in [-0.1, -0.05) is 0 Å². The number of rotatable bonds is 5. The summed E-state index contributed by atoms with van der Waals surface area (Å²) < 4.78 is 5.40. The van der Waals surface area contributed by atoms with Crippen molar-refractivity contribution in [1.29, 1.82) is 0 Å². The lowest BCUT2D eigenvalue weighted by Crippen LogP contribution is -2.36. The highest BCUT2D eigenvalue weighted by Gasteiger charge is 2.23. The Balaban J connectivity index is 2.30. The molecule has 0 saturated heterocycles. The molecule has 1 aliphatic rings. The number of likely N-dealkylation sites (N-methyl/N-ethyl adjacent to an activating group) is 1. The number of hydrogen-bond donors (Lipinski definition) is 1. The molecule has 0 atom stereocenters. The van der Waals surface area contributed by atoms with Crippen molar-refractivity contribution in [3.63, 3.8) is 0 Å². The fourth-order valence-electron chi connectivity index (χ4n) is 2.34. The van der Waals surface area contributed by atoms with Crippen LogP contribution in [0.25, 0.3) is 0 Å². The number of aliphatic carboxylic acids is 1. The Morgan fingerprint density at radius 1 is 1.48 bits per heavy atom. The molecule has 0 aliphatic carbocycles. The largest absolute Gasteiger partial charge is 0.482 e. The van der Waals surface area contributed by atoms with Gasteiger partial charge in [-0.05, 0) is 32.0 Å². The van der Waals surface area contributed by atoms with Crippen molar-refractivity contribution in [1.82, 2.24) is 0 Å². The number of anilines is 2. The fourth-order valence-corrected chi connectivity index (χ4v) is 2.34. The average Bonchev–Trinajstić information content (AvgIpc) is 2.43. The quantitative estimate of drug-likeness (QED) is 0.895. The number of benzene rings is 1. The highest BCUT2D eigenvalue weighted by molar-refractivity contribution is 5.97. The molecule has 21 heavy (non-hydrogen) atoms. The zero-order valence-electron chi connectivity index (χ0n) is 12.5. The zero-order chi connectivity index (χ0) is 15.6. The first-order valence-electron chi connectivity index (χ1n) is 6.92. The molecule has 1 aliphatic heterocycles. The molecule has 1 amide bonds. The smallest absolute Gasteiger partial charge is 0.305 e. The van der Waals surface area contributed by atoms with E-state index in [-0.39, 0.29) is 25.0 Å². The maximum Gasteiger partial charge on any atom is 0.305 e. The van der Waals surface area contributed by atoms with E-state index >= 15 is 0 Å². The highest BCUT2D eigenvalue weighted by atomic mass is 16.5. The van der Waals surface area contributed by atoms with Crippen LogP contribution in [0.3, 0.4) is 0 Å². The molecule has 0 aromatic heterocycles. The number of fused-ring (bicyclic) bond motifs is 1. The SMILES string of the molecule is CC(C)N(CCC(=O)O)c1ccc2c(c1)N(C)C(=O)CO2. The van der Waals surface area contributed by atoms with Crippen molar-refractivity contribution in [2.45, 2.75) is 26.3 Å². The minimum Gasteiger partial charge on any atom is -0.482 e. The first kappa shape index (κ1) is 15.2. The summed E-state index contributed by atoms with van der Waals surface area (Å²) >= 11 is 0. The van der Waals surface area contributed by atoms with E-state index in [0.29, 0.717) is 18.0 Å². The van der Waals surface area contributed by atoms with Gasteiger partial charge in [0.25, 0.3) is 5.91 Å². The van der Waals surface area contributed by atoms with Gasteiger partial charge in [-0.25, -0.2) is 0 Å². The van der Waals surface area contributed by atoms with E-state index in [2.05, 4.69) is 0 Å². The van der Waals surface area contributed by atoms with Gasteiger partial charge in [0.2, 0.25) is 0 Å². The zero-order valence-corrected chi connectivity index (χ0v) is 12.5. The van der Waals surface area contributed by atoms with Crippen LogP contribution >= 0.6 is 0 Å². The summed E-state index contributed by atoms with van der Waals surface area (Å²) in [5.74, 6) is -0.252. The van der Waals surface area contributed by atoms with Crippen LogP contribution in [0, 0.1) is 0 Å². The van der Waals surface area contributed by atoms with Crippen molar-refractivity contribution in [2.24, 2.45) is 0 Å². The molecule has 0 radical (unpaired) electrons. The molecule has 6 heteroatoms. The average molecular weight is 292 g/mol. The second-order valence-electron chi connectivity index (χ2n) is 5.32. The van der Waals surface area contributed by atoms with Gasteiger partial charge in [-0.3, -0.25) is 9.59 Å². The van der Waals surface area contributed by atoms with E-state index in [4.69, 9.17) is 9.84 Å². The Morgan fingerprint density at radius 2 is 2.19 bits per heavy atom. The number of nitrogens with zero attached hydrogens (tertiary/aromatic N) is 2. The lowest BCUT2D eigenvalue weighted by atomic mass is 10.1. The summed E-state index contributed by atoms with van der Waals surface area (Å²) in [6.07, 6.45) is 0.0700. The molecule has 114 valence electrons. The predicted molar refractivity (Wildman–Crippen MR) is 80.1 cm³/mol. The molecule has 1 aromatic rings. The summed E-state index contributed by atoms with van der Waals surface area (Å²) in [5.41, 5.74) is 1.60. The minimum absolute atomic E-state index is 0.0513. The second-order valence-corrected chi connectivity index (χ2v) is 5.32. The Labute approximate surface area is 123 Å². The Kier molecular flexibility index (Phi) is 4.35. The topological polar surface area (TPSA) is 70.1 Å². The van der Waals surface area contributed by atoms with Gasteiger partial charge >= 0.3 is 5.97 Å². The van der Waals surface area contributed by atoms with Crippen LogP contribution in [0.15, 0.2) is 18.2 Å². The van der Waals surface area contributed by atoms with E-state index in [1.807, 2.05) is 36.9 Å². The third-order valence-corrected chi connectivity index (χ3v) is 3.55. The third kappa shape index (κ3) is 3.26. The van der Waals surface area contributed by atoms with E-state index in [1.165, 1.54) is 0 Å². The van der Waals surface area contributed by atoms with Crippen LogP contribution < -0.4 is 14.5 Å². The Hall–Kier alpha value is -2.24. The monoisotopic (exact) mass is 292 g/mol. The lowest BCUT2D eigenvalue weighted by Gasteiger charge is -2.31. The maximum atomic E-state index is 11.7. The molecule has 6 nitrogen and oxygen atoms in total. The number of carbonyl (C=O) groups excluding carboxylic acids is 1. The standard InChI is InChI=1S/C15H20N2O4/c1-10(2)17(7-6-15(19)20)11-4-5-13-12(8-11)16(3)14(18)9-21-13/h4-5,8,10H,6-7,9H2,1-3H3,(H,19,20). The van der Waals surface area contributed by atoms with Gasteiger partial charge in [0.05, 0.1) is 12.1 Å². The van der Waals surface area contributed by atoms with Crippen LogP contribution in [-0.2, 0) is 9.59 Å². The van der Waals surface area contributed by atoms with Gasteiger partial charge in [-0.15, -0.1) is 0 Å². The summed E-state index contributed by atoms with van der Waals surface area (Å²) in [5, 5.41) is 8.86. The first-order chi connectivity index (χ1) is 9.90. The number of amides is 1. The van der Waals surface area contributed by atoms with Gasteiger partial charge in [0.15, 0.2) is 6.61 Å². The molecule has 0 unspecified atom stereocenters. The van der Waals surface area contributed by atoms with Crippen LogP contribution in [-0.4, -0.2) is 43.2 Å². The van der Waals surface area contributed by atoms with E-state index in [9.17, 15) is 9.59 Å². The molecule has 0 fully saturated rings. The van der Waals surface area contributed by atoms with Crippen molar-refractivity contribution in [2.75, 3.05) is 30.0 Å². The molecular weight excluding hydrogens is 272 g/mol. The molecule has 1 aromatic carbocycles. The van der Waals surface area contributed by atoms with Crippen molar-refractivity contribution >= 4 is 23.3 Å². The van der Waals surface area contributed by atoms with Crippen LogP contribution in [0.2, 0.25) is 0 Å². The van der Waals surface area contributed by atoms with E-state index in [1.54, 1.807) is 11.9 Å². The van der Waals surface area contributed by atoms with Crippen LogP contribution in [0.4, 0.5) is 11.4 Å². The summed E-state index contributed by atoms with van der Waals surface area (Å²) in [6, 6.07) is 5.75. The number of ether oxygens (including phenoxy) is 1. The van der Waals surface area contributed by atoms with E-state index < -0.39 is 5.97 Å². The first-order valence-corrected chi connectivity index (χ1v) is 6.92.